The van der Waals surface area contributed by atoms with Crippen molar-refractivity contribution in [1.82, 2.24) is 24.6 Å². The van der Waals surface area contributed by atoms with Gasteiger partial charge in [-0.2, -0.15) is 27.1 Å². The van der Waals surface area contributed by atoms with E-state index in [1.165, 1.54) is 17.6 Å². The third-order valence-electron chi connectivity index (χ3n) is 3.94. The lowest BCUT2D eigenvalue weighted by Crippen LogP contribution is -2.41. The van der Waals surface area contributed by atoms with Crippen LogP contribution in [0.15, 0.2) is 29.8 Å². The minimum absolute atomic E-state index is 0.0246. The monoisotopic (exact) mass is 451 g/mol. The van der Waals surface area contributed by atoms with Gasteiger partial charge >= 0.3 is 12.1 Å². The van der Waals surface area contributed by atoms with Crippen LogP contribution in [0.3, 0.4) is 0 Å². The second-order valence-electron chi connectivity index (χ2n) is 6.21. The van der Waals surface area contributed by atoms with Crippen LogP contribution in [-0.2, 0) is 9.84 Å². The summed E-state index contributed by atoms with van der Waals surface area (Å²) in [6.07, 6.45) is -0.960. The summed E-state index contributed by atoms with van der Waals surface area (Å²) < 4.78 is 93.1. The number of halogens is 5. The van der Waals surface area contributed by atoms with Crippen molar-refractivity contribution in [2.75, 3.05) is 12.4 Å². The van der Waals surface area contributed by atoms with Gasteiger partial charge in [0.05, 0.1) is 29.4 Å². The van der Waals surface area contributed by atoms with E-state index in [1.807, 2.05) is 0 Å². The molecular formula is C16H14F5N5O3S. The molecule has 0 saturated heterocycles. The predicted molar refractivity (Wildman–Crippen MR) is 93.0 cm³/mol. The lowest BCUT2D eigenvalue weighted by molar-refractivity contribution is -0.290. The third-order valence-corrected chi connectivity index (χ3v) is 5.58. The van der Waals surface area contributed by atoms with E-state index in [1.54, 1.807) is 13.1 Å². The van der Waals surface area contributed by atoms with Crippen LogP contribution in [0.1, 0.15) is 12.5 Å². The Morgan fingerprint density at radius 1 is 1.07 bits per heavy atom. The summed E-state index contributed by atoms with van der Waals surface area (Å²) in [5.74, 6) is -5.92. The highest BCUT2D eigenvalue weighted by Gasteiger charge is 2.58. The van der Waals surface area contributed by atoms with Crippen molar-refractivity contribution in [3.63, 3.8) is 0 Å². The molecule has 8 nitrogen and oxygen atoms in total. The standard InChI is InChI=1S/C16H14F5N5O3S/c1-3-30(27,28)14-12(13-24-4-9(2)7-26(13)25-14)10-5-23-11(6-22-10)29-8-15(17,18)16(19,20)21/h4-7H,3,8H2,1-2H3. The molecule has 30 heavy (non-hydrogen) atoms. The molecule has 0 aliphatic rings. The Bertz CT molecular complexity index is 1180. The van der Waals surface area contributed by atoms with Crippen molar-refractivity contribution in [1.29, 1.82) is 0 Å². The van der Waals surface area contributed by atoms with Crippen LogP contribution in [-0.4, -0.2) is 57.4 Å². The lowest BCUT2D eigenvalue weighted by atomic mass is 10.2. The molecule has 3 heterocycles. The quantitative estimate of drug-likeness (QED) is 0.532. The summed E-state index contributed by atoms with van der Waals surface area (Å²) in [5.41, 5.74) is 0.858. The van der Waals surface area contributed by atoms with Crippen molar-refractivity contribution in [3.05, 3.63) is 30.4 Å². The molecule has 0 radical (unpaired) electrons. The second-order valence-corrected chi connectivity index (χ2v) is 8.41. The molecule has 3 rings (SSSR count). The number of fused-ring (bicyclic) bond motifs is 1. The molecule has 0 aliphatic heterocycles. The van der Waals surface area contributed by atoms with E-state index < -0.39 is 34.4 Å². The Balaban J connectivity index is 1.99. The maximum Gasteiger partial charge on any atom is 0.456 e. The van der Waals surface area contributed by atoms with E-state index in [2.05, 4.69) is 24.8 Å². The molecule has 0 bridgehead atoms. The molecule has 0 aliphatic carbocycles. The van der Waals surface area contributed by atoms with Crippen LogP contribution >= 0.6 is 0 Å². The van der Waals surface area contributed by atoms with E-state index in [0.717, 1.165) is 12.4 Å². The summed E-state index contributed by atoms with van der Waals surface area (Å²) in [5, 5.41) is 3.74. The Kier molecular flexibility index (Phi) is 5.39. The SMILES string of the molecule is CCS(=O)(=O)c1nn2cc(C)cnc2c1-c1cnc(OCC(F)(F)C(F)(F)F)cn1. The largest absolute Gasteiger partial charge is 0.470 e. The van der Waals surface area contributed by atoms with E-state index >= 15 is 0 Å². The van der Waals surface area contributed by atoms with Crippen LogP contribution in [0.25, 0.3) is 16.9 Å². The van der Waals surface area contributed by atoms with Gasteiger partial charge in [0.15, 0.2) is 27.1 Å². The number of aromatic nitrogens is 5. The summed E-state index contributed by atoms with van der Waals surface area (Å²) in [6, 6.07) is 0. The van der Waals surface area contributed by atoms with Gasteiger partial charge in [-0.3, -0.25) is 0 Å². The van der Waals surface area contributed by atoms with Crippen LogP contribution in [0, 0.1) is 6.92 Å². The van der Waals surface area contributed by atoms with Gasteiger partial charge in [-0.05, 0) is 12.5 Å². The maximum absolute atomic E-state index is 13.0. The average Bonchev–Trinajstić information content (AvgIpc) is 3.05. The number of rotatable bonds is 6. The summed E-state index contributed by atoms with van der Waals surface area (Å²) in [6.45, 7) is 1.17. The Labute approximate surface area is 166 Å². The number of sulfone groups is 1. The lowest BCUT2D eigenvalue weighted by Gasteiger charge is -2.19. The van der Waals surface area contributed by atoms with Gasteiger partial charge in [0.2, 0.25) is 5.88 Å². The van der Waals surface area contributed by atoms with Crippen molar-refractivity contribution < 1.29 is 35.1 Å². The molecule has 0 saturated carbocycles. The number of hydrogen-bond acceptors (Lipinski definition) is 7. The highest BCUT2D eigenvalue weighted by atomic mass is 32.2. The molecule has 0 N–H and O–H groups in total. The zero-order chi connectivity index (χ0) is 22.3. The fourth-order valence-corrected chi connectivity index (χ4v) is 3.35. The first kappa shape index (κ1) is 21.8. The average molecular weight is 451 g/mol. The van der Waals surface area contributed by atoms with Crippen molar-refractivity contribution in [3.8, 4) is 17.1 Å². The minimum atomic E-state index is -5.77. The van der Waals surface area contributed by atoms with Gasteiger partial charge in [0.1, 0.15) is 0 Å². The molecule has 14 heteroatoms. The summed E-state index contributed by atoms with van der Waals surface area (Å²) in [4.78, 5) is 11.7. The highest BCUT2D eigenvalue weighted by molar-refractivity contribution is 7.91. The van der Waals surface area contributed by atoms with E-state index in [0.29, 0.717) is 5.56 Å². The zero-order valence-corrected chi connectivity index (χ0v) is 16.3. The number of hydrogen-bond donors (Lipinski definition) is 0. The van der Waals surface area contributed by atoms with Crippen LogP contribution < -0.4 is 4.74 Å². The molecule has 0 amide bonds. The first-order valence-corrected chi connectivity index (χ1v) is 9.98. The molecule has 3 aromatic heterocycles. The van der Waals surface area contributed by atoms with Gasteiger partial charge in [0, 0.05) is 12.4 Å². The first-order chi connectivity index (χ1) is 13.9. The number of nitrogens with zero attached hydrogens (tertiary/aromatic N) is 5. The molecular weight excluding hydrogens is 437 g/mol. The van der Waals surface area contributed by atoms with Gasteiger partial charge in [0.25, 0.3) is 0 Å². The van der Waals surface area contributed by atoms with Crippen LogP contribution in [0.2, 0.25) is 0 Å². The highest BCUT2D eigenvalue weighted by Crippen LogP contribution is 2.36. The first-order valence-electron chi connectivity index (χ1n) is 8.33. The smallest absolute Gasteiger partial charge is 0.456 e. The fourth-order valence-electron chi connectivity index (χ4n) is 2.35. The predicted octanol–water partition coefficient (Wildman–Crippen LogP) is 2.86. The molecule has 0 atom stereocenters. The van der Waals surface area contributed by atoms with Crippen molar-refractivity contribution in [2.24, 2.45) is 0 Å². The van der Waals surface area contributed by atoms with Crippen molar-refractivity contribution >= 4 is 15.5 Å². The molecule has 0 fully saturated rings. The van der Waals surface area contributed by atoms with Gasteiger partial charge in [-0.15, -0.1) is 0 Å². The number of aryl methyl sites for hydroxylation is 1. The molecule has 0 spiro atoms. The molecule has 0 aromatic carbocycles. The Morgan fingerprint density at radius 2 is 1.77 bits per heavy atom. The van der Waals surface area contributed by atoms with E-state index in [4.69, 9.17) is 0 Å². The Hall–Kier alpha value is -2.90. The van der Waals surface area contributed by atoms with E-state index in [9.17, 15) is 30.4 Å². The summed E-state index contributed by atoms with van der Waals surface area (Å²) in [7, 11) is -3.80. The zero-order valence-electron chi connectivity index (χ0n) is 15.5. The molecule has 162 valence electrons. The van der Waals surface area contributed by atoms with Crippen molar-refractivity contribution in [2.45, 2.75) is 31.0 Å². The van der Waals surface area contributed by atoms with Gasteiger partial charge in [-0.1, -0.05) is 6.92 Å². The molecule has 0 unspecified atom stereocenters. The Morgan fingerprint density at radius 3 is 2.33 bits per heavy atom. The number of alkyl halides is 5. The van der Waals surface area contributed by atoms with Gasteiger partial charge < -0.3 is 4.74 Å². The molecule has 3 aromatic rings. The maximum atomic E-state index is 13.0. The van der Waals surface area contributed by atoms with Gasteiger partial charge in [-0.25, -0.2) is 27.9 Å². The topological polar surface area (TPSA) is 99.3 Å². The second kappa shape index (κ2) is 7.41. The normalized spacial score (nSPS) is 13.0. The van der Waals surface area contributed by atoms with Crippen LogP contribution in [0.5, 0.6) is 5.88 Å². The number of ether oxygens (including phenoxy) is 1. The summed E-state index contributed by atoms with van der Waals surface area (Å²) >= 11 is 0. The van der Waals surface area contributed by atoms with Crippen LogP contribution in [0.4, 0.5) is 22.0 Å². The minimum Gasteiger partial charge on any atom is -0.470 e. The fraction of sp³-hybridized carbons (Fsp3) is 0.375. The third kappa shape index (κ3) is 4.04. The van der Waals surface area contributed by atoms with E-state index in [-0.39, 0.29) is 27.7 Å².